The molecule has 1 aromatic heterocycles. The molecule has 5 heteroatoms. The van der Waals surface area contributed by atoms with Gasteiger partial charge in [0.25, 0.3) is 0 Å². The van der Waals surface area contributed by atoms with Crippen molar-refractivity contribution >= 4 is 0 Å². The predicted octanol–water partition coefficient (Wildman–Crippen LogP) is 1.74. The highest BCUT2D eigenvalue weighted by atomic mass is 16.5. The smallest absolute Gasteiger partial charge is 0.194 e. The second-order valence-electron chi connectivity index (χ2n) is 4.92. The number of nitrogens with one attached hydrogen (secondary N) is 1. The van der Waals surface area contributed by atoms with Gasteiger partial charge in [-0.3, -0.25) is 0 Å². The number of ether oxygens (including phenoxy) is 2. The molecule has 0 amide bonds. The van der Waals surface area contributed by atoms with E-state index in [-0.39, 0.29) is 0 Å². The molecule has 0 aromatic carbocycles. The van der Waals surface area contributed by atoms with Gasteiger partial charge in [-0.25, -0.2) is 4.98 Å². The van der Waals surface area contributed by atoms with Crippen LogP contribution < -0.4 is 5.32 Å². The first kappa shape index (κ1) is 14.5. The largest absolute Gasteiger partial charge is 0.445 e. The number of aryl methyl sites for hydroxylation is 1. The molecular weight excluding hydrogens is 244 g/mol. The second kappa shape index (κ2) is 8.30. The number of hydrogen-bond donors (Lipinski definition) is 1. The molecular formula is C14H24N2O3. The predicted molar refractivity (Wildman–Crippen MR) is 72.4 cm³/mol. The summed E-state index contributed by atoms with van der Waals surface area (Å²) in [4.78, 5) is 4.35. The lowest BCUT2D eigenvalue weighted by atomic mass is 10.0. The number of oxazole rings is 1. The Hall–Kier alpha value is -0.910. The Labute approximate surface area is 114 Å². The van der Waals surface area contributed by atoms with Gasteiger partial charge >= 0.3 is 0 Å². The summed E-state index contributed by atoms with van der Waals surface area (Å²) in [5, 5.41) is 3.31. The van der Waals surface area contributed by atoms with Crippen molar-refractivity contribution in [2.75, 3.05) is 40.0 Å². The van der Waals surface area contributed by atoms with Crippen molar-refractivity contribution in [3.8, 4) is 0 Å². The van der Waals surface area contributed by atoms with Gasteiger partial charge in [0.1, 0.15) is 5.76 Å². The van der Waals surface area contributed by atoms with Crippen LogP contribution >= 0.6 is 0 Å². The Morgan fingerprint density at radius 1 is 1.47 bits per heavy atom. The highest BCUT2D eigenvalue weighted by Crippen LogP contribution is 2.25. The van der Waals surface area contributed by atoms with Crippen LogP contribution in [-0.4, -0.2) is 45.0 Å². The Balaban J connectivity index is 1.66. The molecule has 1 saturated heterocycles. The van der Waals surface area contributed by atoms with Crippen LogP contribution in [0, 0.1) is 0 Å². The van der Waals surface area contributed by atoms with Crippen molar-refractivity contribution < 1.29 is 13.9 Å². The number of hydrogen-bond acceptors (Lipinski definition) is 5. The molecule has 0 radical (unpaired) electrons. The molecule has 0 bridgehead atoms. The third kappa shape index (κ3) is 4.93. The molecule has 1 aliphatic heterocycles. The summed E-state index contributed by atoms with van der Waals surface area (Å²) in [6.07, 6.45) is 6.04. The van der Waals surface area contributed by atoms with Crippen LogP contribution in [0.1, 0.15) is 36.8 Å². The standard InChI is InChI=1S/C14H24N2O3/c1-17-9-7-15-6-2-5-14-16-10-13(19-14)12-4-3-8-18-11-12/h10,12,15H,2-9,11H2,1H3. The Morgan fingerprint density at radius 3 is 3.21 bits per heavy atom. The van der Waals surface area contributed by atoms with Gasteiger partial charge in [0, 0.05) is 32.6 Å². The molecule has 5 nitrogen and oxygen atoms in total. The fourth-order valence-electron chi connectivity index (χ4n) is 2.26. The quantitative estimate of drug-likeness (QED) is 0.728. The SMILES string of the molecule is COCCNCCCc1ncc(C2CCCOC2)o1. The first-order valence-electron chi connectivity index (χ1n) is 7.12. The topological polar surface area (TPSA) is 56.5 Å². The minimum absolute atomic E-state index is 0.398. The van der Waals surface area contributed by atoms with E-state index >= 15 is 0 Å². The third-order valence-electron chi connectivity index (χ3n) is 3.36. The summed E-state index contributed by atoms with van der Waals surface area (Å²) in [6, 6.07) is 0. The van der Waals surface area contributed by atoms with E-state index in [0.717, 1.165) is 70.2 Å². The van der Waals surface area contributed by atoms with Gasteiger partial charge in [-0.15, -0.1) is 0 Å². The molecule has 1 atom stereocenters. The average molecular weight is 268 g/mol. The van der Waals surface area contributed by atoms with E-state index in [4.69, 9.17) is 13.9 Å². The third-order valence-corrected chi connectivity index (χ3v) is 3.36. The number of rotatable bonds is 8. The molecule has 1 aliphatic rings. The fraction of sp³-hybridized carbons (Fsp3) is 0.786. The lowest BCUT2D eigenvalue weighted by Crippen LogP contribution is -2.20. The van der Waals surface area contributed by atoms with E-state index in [1.54, 1.807) is 7.11 Å². The van der Waals surface area contributed by atoms with Crippen molar-refractivity contribution in [3.05, 3.63) is 17.8 Å². The summed E-state index contributed by atoms with van der Waals surface area (Å²) in [5.41, 5.74) is 0. The minimum Gasteiger partial charge on any atom is -0.445 e. The highest BCUT2D eigenvalue weighted by molar-refractivity contribution is 5.03. The number of nitrogens with zero attached hydrogens (tertiary/aromatic N) is 1. The highest BCUT2D eigenvalue weighted by Gasteiger charge is 2.19. The molecule has 1 fully saturated rings. The van der Waals surface area contributed by atoms with Crippen molar-refractivity contribution in [2.24, 2.45) is 0 Å². The van der Waals surface area contributed by atoms with Crippen LogP contribution in [0.5, 0.6) is 0 Å². The van der Waals surface area contributed by atoms with Gasteiger partial charge in [0.15, 0.2) is 5.89 Å². The van der Waals surface area contributed by atoms with Crippen molar-refractivity contribution in [2.45, 2.75) is 31.6 Å². The zero-order chi connectivity index (χ0) is 13.3. The van der Waals surface area contributed by atoms with Crippen molar-refractivity contribution in [3.63, 3.8) is 0 Å². The van der Waals surface area contributed by atoms with Crippen LogP contribution in [0.4, 0.5) is 0 Å². The van der Waals surface area contributed by atoms with Crippen molar-refractivity contribution in [1.29, 1.82) is 0 Å². The molecule has 108 valence electrons. The second-order valence-corrected chi connectivity index (χ2v) is 4.92. The summed E-state index contributed by atoms with van der Waals surface area (Å²) in [6.45, 7) is 4.27. The van der Waals surface area contributed by atoms with Gasteiger partial charge in [-0.05, 0) is 25.8 Å². The lowest BCUT2D eigenvalue weighted by molar-refractivity contribution is 0.0738. The van der Waals surface area contributed by atoms with Crippen LogP contribution in [0.2, 0.25) is 0 Å². The monoisotopic (exact) mass is 268 g/mol. The van der Waals surface area contributed by atoms with Crippen LogP contribution in [0.3, 0.4) is 0 Å². The maximum atomic E-state index is 5.81. The fourth-order valence-corrected chi connectivity index (χ4v) is 2.26. The summed E-state index contributed by atoms with van der Waals surface area (Å²) >= 11 is 0. The Morgan fingerprint density at radius 2 is 2.42 bits per heavy atom. The van der Waals surface area contributed by atoms with Crippen molar-refractivity contribution in [1.82, 2.24) is 10.3 Å². The van der Waals surface area contributed by atoms with E-state index in [2.05, 4.69) is 10.3 Å². The first-order chi connectivity index (χ1) is 9.40. The average Bonchev–Trinajstić information content (AvgIpc) is 2.92. The maximum absolute atomic E-state index is 5.81. The minimum atomic E-state index is 0.398. The summed E-state index contributed by atoms with van der Waals surface area (Å²) in [7, 11) is 1.71. The van der Waals surface area contributed by atoms with E-state index < -0.39 is 0 Å². The Bertz CT molecular complexity index is 348. The summed E-state index contributed by atoms with van der Waals surface area (Å²) in [5.74, 6) is 2.23. The Kier molecular flexibility index (Phi) is 6.33. The maximum Gasteiger partial charge on any atom is 0.194 e. The van der Waals surface area contributed by atoms with E-state index in [1.807, 2.05) is 6.20 Å². The molecule has 1 N–H and O–H groups in total. The van der Waals surface area contributed by atoms with Gasteiger partial charge in [-0.2, -0.15) is 0 Å². The van der Waals surface area contributed by atoms with E-state index in [1.165, 1.54) is 0 Å². The van der Waals surface area contributed by atoms with Gasteiger partial charge < -0.3 is 19.2 Å². The number of methoxy groups -OCH3 is 1. The molecule has 0 aliphatic carbocycles. The van der Waals surface area contributed by atoms with E-state index in [0.29, 0.717) is 5.92 Å². The van der Waals surface area contributed by atoms with Crippen LogP contribution in [0.15, 0.2) is 10.6 Å². The molecule has 1 unspecified atom stereocenters. The molecule has 2 rings (SSSR count). The molecule has 19 heavy (non-hydrogen) atoms. The zero-order valence-corrected chi connectivity index (χ0v) is 11.7. The number of aromatic nitrogens is 1. The van der Waals surface area contributed by atoms with E-state index in [9.17, 15) is 0 Å². The van der Waals surface area contributed by atoms with Crippen LogP contribution in [0.25, 0.3) is 0 Å². The first-order valence-corrected chi connectivity index (χ1v) is 7.12. The normalized spacial score (nSPS) is 19.7. The molecule has 0 saturated carbocycles. The molecule has 1 aromatic rings. The summed E-state index contributed by atoms with van der Waals surface area (Å²) < 4.78 is 16.3. The van der Waals surface area contributed by atoms with Gasteiger partial charge in [-0.1, -0.05) is 0 Å². The zero-order valence-electron chi connectivity index (χ0n) is 11.7. The van der Waals surface area contributed by atoms with Gasteiger partial charge in [0.05, 0.1) is 19.4 Å². The lowest BCUT2D eigenvalue weighted by Gasteiger charge is -2.19. The molecule has 2 heterocycles. The van der Waals surface area contributed by atoms with Crippen LogP contribution in [-0.2, 0) is 15.9 Å². The van der Waals surface area contributed by atoms with Gasteiger partial charge in [0.2, 0.25) is 0 Å². The molecule has 0 spiro atoms.